The van der Waals surface area contributed by atoms with E-state index in [9.17, 15) is 9.90 Å². The minimum atomic E-state index is -0.680. The Morgan fingerprint density at radius 1 is 1.41 bits per heavy atom. The Labute approximate surface area is 102 Å². The Bertz CT molecular complexity index is 228. The summed E-state index contributed by atoms with van der Waals surface area (Å²) >= 11 is 0. The largest absolute Gasteiger partial charge is 0.444 e. The van der Waals surface area contributed by atoms with E-state index >= 15 is 0 Å². The van der Waals surface area contributed by atoms with Gasteiger partial charge in [0, 0.05) is 12.6 Å². The molecule has 17 heavy (non-hydrogen) atoms. The molecule has 0 aliphatic carbocycles. The summed E-state index contributed by atoms with van der Waals surface area (Å²) in [5.74, 6) is 0. The maximum Gasteiger partial charge on any atom is 0.407 e. The number of aliphatic hydroxyl groups excluding tert-OH is 2. The molecular weight excluding hydrogens is 224 g/mol. The van der Waals surface area contributed by atoms with Gasteiger partial charge >= 0.3 is 6.09 Å². The van der Waals surface area contributed by atoms with Crippen LogP contribution in [0.3, 0.4) is 0 Å². The summed E-state index contributed by atoms with van der Waals surface area (Å²) in [5.41, 5.74) is 4.94. The number of nitrogens with one attached hydrogen (secondary N) is 1. The van der Waals surface area contributed by atoms with Crippen molar-refractivity contribution in [3.63, 3.8) is 0 Å². The number of ether oxygens (including phenoxy) is 1. The molecule has 0 bridgehead atoms. The first-order valence-corrected chi connectivity index (χ1v) is 5.76. The van der Waals surface area contributed by atoms with Gasteiger partial charge in [-0.25, -0.2) is 4.79 Å². The SMILES string of the molecule is CC(C)(C)OC(=O)NCC(O)CCC(N)CO. The molecule has 0 saturated carbocycles. The molecule has 0 fully saturated rings. The highest BCUT2D eigenvalue weighted by molar-refractivity contribution is 5.67. The van der Waals surface area contributed by atoms with Crippen LogP contribution in [0, 0.1) is 0 Å². The summed E-state index contributed by atoms with van der Waals surface area (Å²) in [4.78, 5) is 11.2. The van der Waals surface area contributed by atoms with Gasteiger partial charge in [0.15, 0.2) is 0 Å². The molecule has 0 heterocycles. The van der Waals surface area contributed by atoms with Crippen LogP contribution in [0.1, 0.15) is 33.6 Å². The van der Waals surface area contributed by atoms with Crippen molar-refractivity contribution in [3.8, 4) is 0 Å². The third-order valence-electron chi connectivity index (χ3n) is 1.99. The first kappa shape index (κ1) is 16.1. The van der Waals surface area contributed by atoms with Crippen LogP contribution in [0.25, 0.3) is 0 Å². The predicted octanol–water partition coefficient (Wildman–Crippen LogP) is -0.0282. The fourth-order valence-corrected chi connectivity index (χ4v) is 1.12. The smallest absolute Gasteiger partial charge is 0.407 e. The van der Waals surface area contributed by atoms with Crippen molar-refractivity contribution in [2.75, 3.05) is 13.2 Å². The molecule has 2 unspecified atom stereocenters. The van der Waals surface area contributed by atoms with E-state index in [0.29, 0.717) is 12.8 Å². The molecule has 0 aliphatic rings. The molecule has 0 rings (SSSR count). The fraction of sp³-hybridized carbons (Fsp3) is 0.909. The van der Waals surface area contributed by atoms with E-state index in [2.05, 4.69) is 5.32 Å². The van der Waals surface area contributed by atoms with E-state index in [4.69, 9.17) is 15.6 Å². The second-order valence-corrected chi connectivity index (χ2v) is 5.06. The third kappa shape index (κ3) is 10.0. The molecule has 2 atom stereocenters. The minimum absolute atomic E-state index is 0.105. The lowest BCUT2D eigenvalue weighted by atomic mass is 10.1. The zero-order valence-corrected chi connectivity index (χ0v) is 10.8. The number of hydrogen-bond acceptors (Lipinski definition) is 5. The van der Waals surface area contributed by atoms with Gasteiger partial charge in [-0.2, -0.15) is 0 Å². The van der Waals surface area contributed by atoms with Crippen LogP contribution < -0.4 is 11.1 Å². The van der Waals surface area contributed by atoms with Crippen molar-refractivity contribution in [1.29, 1.82) is 0 Å². The van der Waals surface area contributed by atoms with Gasteiger partial charge in [0.05, 0.1) is 12.7 Å². The quantitative estimate of drug-likeness (QED) is 0.528. The number of carbonyl (C=O) groups is 1. The van der Waals surface area contributed by atoms with Gasteiger partial charge in [-0.15, -0.1) is 0 Å². The van der Waals surface area contributed by atoms with Gasteiger partial charge in [0.2, 0.25) is 0 Å². The van der Waals surface area contributed by atoms with Gasteiger partial charge in [-0.1, -0.05) is 0 Å². The average Bonchev–Trinajstić information content (AvgIpc) is 2.20. The van der Waals surface area contributed by atoms with Gasteiger partial charge in [-0.3, -0.25) is 0 Å². The number of alkyl carbamates (subject to hydrolysis) is 1. The Morgan fingerprint density at radius 3 is 2.47 bits per heavy atom. The first-order valence-electron chi connectivity index (χ1n) is 5.76. The number of rotatable bonds is 6. The number of nitrogens with two attached hydrogens (primary N) is 1. The van der Waals surface area contributed by atoms with Gasteiger partial charge in [0.1, 0.15) is 5.60 Å². The average molecular weight is 248 g/mol. The highest BCUT2D eigenvalue weighted by Crippen LogP contribution is 2.06. The lowest BCUT2D eigenvalue weighted by molar-refractivity contribution is 0.0486. The van der Waals surface area contributed by atoms with Crippen molar-refractivity contribution >= 4 is 6.09 Å². The van der Waals surface area contributed by atoms with E-state index in [0.717, 1.165) is 0 Å². The van der Waals surface area contributed by atoms with Gasteiger partial charge in [0.25, 0.3) is 0 Å². The van der Waals surface area contributed by atoms with Crippen LogP contribution in [-0.4, -0.2) is 47.2 Å². The Morgan fingerprint density at radius 2 is 2.00 bits per heavy atom. The van der Waals surface area contributed by atoms with Crippen molar-refractivity contribution in [3.05, 3.63) is 0 Å². The van der Waals surface area contributed by atoms with Crippen molar-refractivity contribution in [2.24, 2.45) is 5.73 Å². The minimum Gasteiger partial charge on any atom is -0.444 e. The topological polar surface area (TPSA) is 105 Å². The normalized spacial score (nSPS) is 15.2. The summed E-state index contributed by atoms with van der Waals surface area (Å²) in [6.07, 6.45) is -0.298. The summed E-state index contributed by atoms with van der Waals surface area (Å²) in [7, 11) is 0. The van der Waals surface area contributed by atoms with E-state index in [1.54, 1.807) is 20.8 Å². The summed E-state index contributed by atoms with van der Waals surface area (Å²) in [6.45, 7) is 5.31. The number of amides is 1. The highest BCUT2D eigenvalue weighted by atomic mass is 16.6. The number of aliphatic hydroxyl groups is 2. The van der Waals surface area contributed by atoms with E-state index in [1.807, 2.05) is 0 Å². The van der Waals surface area contributed by atoms with E-state index in [1.165, 1.54) is 0 Å². The standard InChI is InChI=1S/C11H24N2O4/c1-11(2,3)17-10(16)13-6-9(15)5-4-8(12)7-14/h8-9,14-15H,4-7,12H2,1-3H3,(H,13,16). The molecule has 0 aromatic heterocycles. The van der Waals surface area contributed by atoms with E-state index in [-0.39, 0.29) is 19.2 Å². The van der Waals surface area contributed by atoms with Crippen LogP contribution in [0.2, 0.25) is 0 Å². The van der Waals surface area contributed by atoms with Crippen LogP contribution in [0.5, 0.6) is 0 Å². The Kier molecular flexibility index (Phi) is 7.10. The van der Waals surface area contributed by atoms with E-state index < -0.39 is 17.8 Å². The van der Waals surface area contributed by atoms with Gasteiger partial charge in [-0.05, 0) is 33.6 Å². The molecule has 0 aromatic rings. The second-order valence-electron chi connectivity index (χ2n) is 5.06. The summed E-state index contributed by atoms with van der Waals surface area (Å²) < 4.78 is 5.01. The molecule has 6 nitrogen and oxygen atoms in total. The zero-order chi connectivity index (χ0) is 13.5. The van der Waals surface area contributed by atoms with Crippen molar-refractivity contribution < 1.29 is 19.7 Å². The maximum absolute atomic E-state index is 11.2. The monoisotopic (exact) mass is 248 g/mol. The molecule has 0 saturated heterocycles. The molecule has 102 valence electrons. The molecule has 6 heteroatoms. The molecule has 0 aromatic carbocycles. The molecule has 5 N–H and O–H groups in total. The van der Waals surface area contributed by atoms with Crippen molar-refractivity contribution in [2.45, 2.75) is 51.4 Å². The van der Waals surface area contributed by atoms with Crippen LogP contribution in [0.4, 0.5) is 4.79 Å². The highest BCUT2D eigenvalue weighted by Gasteiger charge is 2.16. The van der Waals surface area contributed by atoms with Crippen LogP contribution in [0.15, 0.2) is 0 Å². The van der Waals surface area contributed by atoms with Crippen molar-refractivity contribution in [1.82, 2.24) is 5.32 Å². The molecule has 0 aliphatic heterocycles. The molecule has 1 amide bonds. The van der Waals surface area contributed by atoms with Gasteiger partial charge < -0.3 is 26.0 Å². The van der Waals surface area contributed by atoms with Crippen LogP contribution in [-0.2, 0) is 4.74 Å². The second kappa shape index (κ2) is 7.47. The summed E-state index contributed by atoms with van der Waals surface area (Å²) in [5, 5.41) is 20.7. The first-order chi connectivity index (χ1) is 7.74. The summed E-state index contributed by atoms with van der Waals surface area (Å²) in [6, 6.07) is -0.328. The predicted molar refractivity (Wildman–Crippen MR) is 64.5 cm³/mol. The van der Waals surface area contributed by atoms with Crippen LogP contribution >= 0.6 is 0 Å². The fourth-order valence-electron chi connectivity index (χ4n) is 1.12. The lowest BCUT2D eigenvalue weighted by Gasteiger charge is -2.20. The Balaban J connectivity index is 3.69. The molecule has 0 radical (unpaired) electrons. The third-order valence-corrected chi connectivity index (χ3v) is 1.99. The zero-order valence-electron chi connectivity index (χ0n) is 10.8. The maximum atomic E-state index is 11.2. The number of carbonyl (C=O) groups excluding carboxylic acids is 1. The molecule has 0 spiro atoms. The molecular formula is C11H24N2O4. The number of hydrogen-bond donors (Lipinski definition) is 4. The Hall–Kier alpha value is -0.850. The lowest BCUT2D eigenvalue weighted by Crippen LogP contribution is -2.37.